The Kier molecular flexibility index (Phi) is 9.22. The molecule has 0 aromatic heterocycles. The van der Waals surface area contributed by atoms with Gasteiger partial charge in [-0.1, -0.05) is 73.8 Å². The summed E-state index contributed by atoms with van der Waals surface area (Å²) in [4.78, 5) is 20.7. The maximum Gasteiger partial charge on any atom is 0.230 e. The Labute approximate surface area is 236 Å². The molecular formula is C34H47N3O2. The molecule has 6 unspecified atom stereocenters. The van der Waals surface area contributed by atoms with Gasteiger partial charge in [0, 0.05) is 31.1 Å². The molecule has 0 radical (unpaired) electrons. The number of amides is 1. The van der Waals surface area contributed by atoms with E-state index in [0.717, 1.165) is 37.1 Å². The lowest BCUT2D eigenvalue weighted by atomic mass is 9.84. The predicted octanol–water partition coefficient (Wildman–Crippen LogP) is 6.04. The Morgan fingerprint density at radius 3 is 2.59 bits per heavy atom. The molecule has 210 valence electrons. The number of carbonyl (C=O) groups excluding carboxylic acids is 1. The van der Waals surface area contributed by atoms with E-state index in [1.165, 1.54) is 6.42 Å². The summed E-state index contributed by atoms with van der Waals surface area (Å²) in [5.41, 5.74) is 1.95. The van der Waals surface area contributed by atoms with Crippen molar-refractivity contribution in [1.82, 2.24) is 14.7 Å². The minimum absolute atomic E-state index is 0.103. The fourth-order valence-electron chi connectivity index (χ4n) is 6.35. The van der Waals surface area contributed by atoms with Crippen LogP contribution in [0.2, 0.25) is 0 Å². The van der Waals surface area contributed by atoms with E-state index in [1.807, 2.05) is 25.2 Å². The Bertz CT molecular complexity index is 1100. The van der Waals surface area contributed by atoms with Crippen LogP contribution < -0.4 is 0 Å². The van der Waals surface area contributed by atoms with Gasteiger partial charge in [0.05, 0.1) is 30.9 Å². The van der Waals surface area contributed by atoms with Crippen molar-refractivity contribution in [2.45, 2.75) is 63.7 Å². The second-order valence-corrected chi connectivity index (χ2v) is 11.8. The van der Waals surface area contributed by atoms with Gasteiger partial charge in [-0.05, 0) is 63.9 Å². The molecule has 0 aromatic rings. The topological polar surface area (TPSA) is 36.0 Å². The molecule has 39 heavy (non-hydrogen) atoms. The molecule has 0 N–H and O–H groups in total. The average Bonchev–Trinajstić information content (AvgIpc) is 3.61. The van der Waals surface area contributed by atoms with E-state index in [1.54, 1.807) is 13.4 Å². The molecule has 1 amide bonds. The van der Waals surface area contributed by atoms with Crippen molar-refractivity contribution in [2.75, 3.05) is 27.2 Å². The van der Waals surface area contributed by atoms with E-state index < -0.39 is 0 Å². The fourth-order valence-corrected chi connectivity index (χ4v) is 6.35. The smallest absolute Gasteiger partial charge is 0.230 e. The molecule has 1 saturated heterocycles. The van der Waals surface area contributed by atoms with Crippen LogP contribution in [0.15, 0.2) is 97.5 Å². The van der Waals surface area contributed by atoms with Crippen LogP contribution in [0, 0.1) is 17.8 Å². The molecule has 4 aliphatic rings. The average molecular weight is 530 g/mol. The SMILES string of the molecule is C=C/C(C)=C\C=C\C1=CC(C(=O)N2CCC(N(C)C(/C=C/OC)C(C)(C=C)N3C=CC4CC43)CC2)C(C)C=C1. The number of rotatable bonds is 11. The van der Waals surface area contributed by atoms with Crippen molar-refractivity contribution >= 4 is 5.91 Å². The number of hydrogen-bond acceptors (Lipinski definition) is 4. The highest BCUT2D eigenvalue weighted by atomic mass is 16.5. The van der Waals surface area contributed by atoms with Crippen LogP contribution in [0.25, 0.3) is 0 Å². The van der Waals surface area contributed by atoms with Gasteiger partial charge >= 0.3 is 0 Å². The molecule has 1 saturated carbocycles. The van der Waals surface area contributed by atoms with Crippen LogP contribution in [0.4, 0.5) is 0 Å². The van der Waals surface area contributed by atoms with Gasteiger partial charge in [0.2, 0.25) is 5.91 Å². The monoisotopic (exact) mass is 529 g/mol. The summed E-state index contributed by atoms with van der Waals surface area (Å²) in [6.07, 6.45) is 28.2. The minimum Gasteiger partial charge on any atom is -0.505 e. The first-order chi connectivity index (χ1) is 18.7. The van der Waals surface area contributed by atoms with E-state index in [4.69, 9.17) is 4.74 Å². The second kappa shape index (κ2) is 12.4. The van der Waals surface area contributed by atoms with Crippen molar-refractivity contribution in [3.05, 3.63) is 97.5 Å². The number of fused-ring (bicyclic) bond motifs is 1. The van der Waals surface area contributed by atoms with Crippen molar-refractivity contribution in [1.29, 1.82) is 0 Å². The largest absolute Gasteiger partial charge is 0.505 e. The first-order valence-corrected chi connectivity index (χ1v) is 14.4. The minimum atomic E-state index is -0.249. The number of nitrogens with zero attached hydrogens (tertiary/aromatic N) is 3. The van der Waals surface area contributed by atoms with E-state index in [2.05, 4.69) is 97.5 Å². The molecular weight excluding hydrogens is 482 g/mol. The zero-order valence-electron chi connectivity index (χ0n) is 24.5. The Hall–Kier alpha value is -3.05. The van der Waals surface area contributed by atoms with Crippen LogP contribution in [-0.4, -0.2) is 71.5 Å². The molecule has 5 heteroatoms. The predicted molar refractivity (Wildman–Crippen MR) is 162 cm³/mol. The third-order valence-electron chi connectivity index (χ3n) is 9.20. The van der Waals surface area contributed by atoms with Gasteiger partial charge in [-0.25, -0.2) is 0 Å². The Balaban J connectivity index is 1.42. The second-order valence-electron chi connectivity index (χ2n) is 11.8. The van der Waals surface area contributed by atoms with E-state index >= 15 is 0 Å². The quantitative estimate of drug-likeness (QED) is 0.186. The molecule has 0 aromatic carbocycles. The highest BCUT2D eigenvalue weighted by molar-refractivity contribution is 5.82. The lowest BCUT2D eigenvalue weighted by molar-refractivity contribution is -0.136. The van der Waals surface area contributed by atoms with Crippen molar-refractivity contribution in [3.8, 4) is 0 Å². The summed E-state index contributed by atoms with van der Waals surface area (Å²) < 4.78 is 5.37. The van der Waals surface area contributed by atoms with Crippen LogP contribution >= 0.6 is 0 Å². The van der Waals surface area contributed by atoms with Gasteiger partial charge < -0.3 is 14.5 Å². The molecule has 4 rings (SSSR count). The number of allylic oxidation sites excluding steroid dienone is 8. The first kappa shape index (κ1) is 28.9. The number of carbonyl (C=O) groups is 1. The molecule has 2 heterocycles. The first-order valence-electron chi connectivity index (χ1n) is 14.4. The maximum absolute atomic E-state index is 13.6. The molecule has 2 fully saturated rings. The summed E-state index contributed by atoms with van der Waals surface area (Å²) in [5, 5.41) is 0. The van der Waals surface area contributed by atoms with Crippen molar-refractivity contribution in [2.24, 2.45) is 17.8 Å². The Morgan fingerprint density at radius 1 is 1.26 bits per heavy atom. The third kappa shape index (κ3) is 6.24. The number of piperidine rings is 1. The number of likely N-dealkylation sites (tertiary alicyclic amines) is 1. The molecule has 2 aliphatic heterocycles. The van der Waals surface area contributed by atoms with E-state index in [0.29, 0.717) is 18.0 Å². The normalized spacial score (nSPS) is 29.5. The third-order valence-corrected chi connectivity index (χ3v) is 9.20. The summed E-state index contributed by atoms with van der Waals surface area (Å²) in [7, 11) is 3.92. The van der Waals surface area contributed by atoms with E-state index in [9.17, 15) is 4.79 Å². The summed E-state index contributed by atoms with van der Waals surface area (Å²) in [5.74, 6) is 0.997. The lowest BCUT2D eigenvalue weighted by Gasteiger charge is -2.49. The zero-order chi connectivity index (χ0) is 28.2. The number of likely N-dealkylation sites (N-methyl/N-ethyl adjacent to an activating group) is 1. The Morgan fingerprint density at radius 2 is 2.00 bits per heavy atom. The maximum atomic E-state index is 13.6. The zero-order valence-corrected chi connectivity index (χ0v) is 24.5. The standard InChI is InChI=1S/C34H47N3O2/c1-8-25(3)11-10-12-27-14-13-26(4)30(23-27)33(38)36-19-16-29(17-20-36)35(6)32(18-22-39-7)34(5,9-2)37-21-15-28-24-31(28)37/h8-15,18,21-23,26,28-32H,1-2,16-17,19-20,24H2,3-7H3/b12-10+,22-18+,25-11-. The lowest BCUT2D eigenvalue weighted by Crippen LogP contribution is -2.60. The van der Waals surface area contributed by atoms with Crippen LogP contribution in [0.5, 0.6) is 0 Å². The molecule has 5 nitrogen and oxygen atoms in total. The van der Waals surface area contributed by atoms with Gasteiger partial charge in [-0.15, -0.1) is 6.58 Å². The van der Waals surface area contributed by atoms with Gasteiger partial charge in [0.25, 0.3) is 0 Å². The summed E-state index contributed by atoms with van der Waals surface area (Å²) in [6, 6.07) is 1.06. The van der Waals surface area contributed by atoms with Gasteiger partial charge in [0.15, 0.2) is 0 Å². The van der Waals surface area contributed by atoms with Crippen molar-refractivity contribution < 1.29 is 9.53 Å². The number of hydrogen-bond donors (Lipinski definition) is 0. The summed E-state index contributed by atoms with van der Waals surface area (Å²) >= 11 is 0. The molecule has 0 bridgehead atoms. The number of methoxy groups -OCH3 is 1. The molecule has 6 atom stereocenters. The molecule has 0 spiro atoms. The van der Waals surface area contributed by atoms with E-state index in [-0.39, 0.29) is 29.3 Å². The van der Waals surface area contributed by atoms with Gasteiger partial charge in [0.1, 0.15) is 0 Å². The highest BCUT2D eigenvalue weighted by Crippen LogP contribution is 2.47. The van der Waals surface area contributed by atoms with Gasteiger partial charge in [-0.3, -0.25) is 9.69 Å². The fraction of sp³-hybridized carbons (Fsp3) is 0.500. The van der Waals surface area contributed by atoms with Crippen LogP contribution in [0.1, 0.15) is 40.0 Å². The van der Waals surface area contributed by atoms with Crippen LogP contribution in [-0.2, 0) is 9.53 Å². The van der Waals surface area contributed by atoms with Crippen LogP contribution in [0.3, 0.4) is 0 Å². The summed E-state index contributed by atoms with van der Waals surface area (Å²) in [6.45, 7) is 16.1. The number of ether oxygens (including phenoxy) is 1. The highest BCUT2D eigenvalue weighted by Gasteiger charge is 2.51. The van der Waals surface area contributed by atoms with Gasteiger partial charge in [-0.2, -0.15) is 0 Å². The molecule has 2 aliphatic carbocycles. The van der Waals surface area contributed by atoms with Crippen molar-refractivity contribution in [3.63, 3.8) is 0 Å².